The molecular formula is C11H18N2O2. The second kappa shape index (κ2) is 5.11. The van der Waals surface area contributed by atoms with Gasteiger partial charge >= 0.3 is 0 Å². The van der Waals surface area contributed by atoms with Crippen LogP contribution in [0.25, 0.3) is 0 Å². The molecule has 0 aliphatic heterocycles. The lowest BCUT2D eigenvalue weighted by Crippen LogP contribution is -2.29. The Kier molecular flexibility index (Phi) is 4.08. The number of nitrogen functional groups attached to an aromatic ring is 1. The molecule has 0 aliphatic rings. The van der Waals surface area contributed by atoms with Gasteiger partial charge in [0, 0.05) is 12.2 Å². The van der Waals surface area contributed by atoms with Crippen molar-refractivity contribution in [2.75, 3.05) is 19.3 Å². The topological polar surface area (TPSA) is 78.5 Å². The molecule has 84 valence electrons. The molecule has 0 amide bonds. The zero-order valence-corrected chi connectivity index (χ0v) is 9.07. The van der Waals surface area contributed by atoms with Gasteiger partial charge in [0.25, 0.3) is 0 Å². The average Bonchev–Trinajstić information content (AvgIpc) is 2.21. The zero-order valence-electron chi connectivity index (χ0n) is 9.07. The smallest absolute Gasteiger partial charge is 0.106 e. The number of nitrogens with one attached hydrogen (secondary N) is 1. The van der Waals surface area contributed by atoms with E-state index < -0.39 is 12.2 Å². The van der Waals surface area contributed by atoms with Crippen molar-refractivity contribution in [1.29, 1.82) is 0 Å². The lowest BCUT2D eigenvalue weighted by atomic mass is 10.0. The fourth-order valence-electron chi connectivity index (χ4n) is 1.39. The molecule has 0 radical (unpaired) electrons. The van der Waals surface area contributed by atoms with Gasteiger partial charge in [-0.25, -0.2) is 0 Å². The van der Waals surface area contributed by atoms with Crippen molar-refractivity contribution in [3.05, 3.63) is 29.3 Å². The van der Waals surface area contributed by atoms with Gasteiger partial charge in [0.05, 0.1) is 6.10 Å². The first-order valence-corrected chi connectivity index (χ1v) is 4.93. The van der Waals surface area contributed by atoms with Crippen LogP contribution in [0.5, 0.6) is 0 Å². The molecule has 0 spiro atoms. The summed E-state index contributed by atoms with van der Waals surface area (Å²) in [5, 5.41) is 22.2. The van der Waals surface area contributed by atoms with Gasteiger partial charge in [-0.15, -0.1) is 0 Å². The highest BCUT2D eigenvalue weighted by molar-refractivity contribution is 5.48. The van der Waals surface area contributed by atoms with Crippen molar-refractivity contribution in [3.8, 4) is 0 Å². The Morgan fingerprint density at radius 2 is 2.07 bits per heavy atom. The second-order valence-electron chi connectivity index (χ2n) is 3.69. The largest absolute Gasteiger partial charge is 0.399 e. The van der Waals surface area contributed by atoms with Crippen molar-refractivity contribution in [2.24, 2.45) is 0 Å². The van der Waals surface area contributed by atoms with E-state index in [0.717, 1.165) is 5.56 Å². The highest BCUT2D eigenvalue weighted by Crippen LogP contribution is 2.21. The Balaban J connectivity index is 2.81. The molecule has 1 aromatic carbocycles. The number of hydrogen-bond donors (Lipinski definition) is 4. The number of anilines is 1. The fourth-order valence-corrected chi connectivity index (χ4v) is 1.39. The van der Waals surface area contributed by atoms with Gasteiger partial charge in [-0.05, 0) is 31.2 Å². The first kappa shape index (κ1) is 12.0. The number of nitrogens with two attached hydrogens (primary N) is 1. The first-order chi connectivity index (χ1) is 7.06. The SMILES string of the molecule is CNCC(O)C(O)c1ccc(C)c(N)c1. The average molecular weight is 210 g/mol. The van der Waals surface area contributed by atoms with Crippen LogP contribution in [0.2, 0.25) is 0 Å². The van der Waals surface area contributed by atoms with Crippen molar-refractivity contribution in [1.82, 2.24) is 5.32 Å². The number of likely N-dealkylation sites (N-methyl/N-ethyl adjacent to an activating group) is 1. The minimum Gasteiger partial charge on any atom is -0.399 e. The van der Waals surface area contributed by atoms with E-state index in [1.165, 1.54) is 0 Å². The van der Waals surface area contributed by atoms with Gasteiger partial charge in [-0.2, -0.15) is 0 Å². The second-order valence-corrected chi connectivity index (χ2v) is 3.69. The van der Waals surface area contributed by atoms with Crippen LogP contribution in [0.3, 0.4) is 0 Å². The molecule has 4 nitrogen and oxygen atoms in total. The van der Waals surface area contributed by atoms with E-state index in [-0.39, 0.29) is 0 Å². The normalized spacial score (nSPS) is 14.9. The Morgan fingerprint density at radius 3 is 2.60 bits per heavy atom. The van der Waals surface area contributed by atoms with Crippen molar-refractivity contribution >= 4 is 5.69 Å². The molecule has 0 aliphatic carbocycles. The summed E-state index contributed by atoms with van der Waals surface area (Å²) in [7, 11) is 1.72. The molecule has 15 heavy (non-hydrogen) atoms. The van der Waals surface area contributed by atoms with Crippen LogP contribution in [0.15, 0.2) is 18.2 Å². The van der Waals surface area contributed by atoms with Crippen molar-refractivity contribution < 1.29 is 10.2 Å². The molecule has 0 bridgehead atoms. The number of rotatable bonds is 4. The van der Waals surface area contributed by atoms with Crippen LogP contribution in [0.4, 0.5) is 5.69 Å². The van der Waals surface area contributed by atoms with E-state index in [1.807, 2.05) is 13.0 Å². The molecule has 0 fully saturated rings. The predicted molar refractivity (Wildman–Crippen MR) is 60.5 cm³/mol. The zero-order chi connectivity index (χ0) is 11.4. The van der Waals surface area contributed by atoms with Gasteiger partial charge in [0.15, 0.2) is 0 Å². The van der Waals surface area contributed by atoms with Gasteiger partial charge in [-0.1, -0.05) is 12.1 Å². The lowest BCUT2D eigenvalue weighted by Gasteiger charge is -2.18. The Morgan fingerprint density at radius 1 is 1.40 bits per heavy atom. The molecule has 0 saturated carbocycles. The maximum absolute atomic E-state index is 9.79. The van der Waals surface area contributed by atoms with E-state index >= 15 is 0 Å². The quantitative estimate of drug-likeness (QED) is 0.535. The minimum absolute atomic E-state index is 0.342. The van der Waals surface area contributed by atoms with Crippen LogP contribution >= 0.6 is 0 Å². The third-order valence-corrected chi connectivity index (χ3v) is 2.42. The number of benzene rings is 1. The van der Waals surface area contributed by atoms with Crippen LogP contribution in [-0.4, -0.2) is 29.9 Å². The van der Waals surface area contributed by atoms with Gasteiger partial charge < -0.3 is 21.3 Å². The van der Waals surface area contributed by atoms with E-state index in [9.17, 15) is 10.2 Å². The highest BCUT2D eigenvalue weighted by atomic mass is 16.3. The number of aliphatic hydroxyl groups is 2. The van der Waals surface area contributed by atoms with Gasteiger partial charge in [0.2, 0.25) is 0 Å². The van der Waals surface area contributed by atoms with Gasteiger partial charge in [0.1, 0.15) is 6.10 Å². The van der Waals surface area contributed by atoms with E-state index in [0.29, 0.717) is 17.8 Å². The van der Waals surface area contributed by atoms with Crippen LogP contribution < -0.4 is 11.1 Å². The Labute approximate surface area is 89.7 Å². The molecule has 0 aromatic heterocycles. The molecule has 5 N–H and O–H groups in total. The fraction of sp³-hybridized carbons (Fsp3) is 0.455. The minimum atomic E-state index is -0.902. The maximum Gasteiger partial charge on any atom is 0.106 e. The van der Waals surface area contributed by atoms with Gasteiger partial charge in [-0.3, -0.25) is 0 Å². The number of aryl methyl sites for hydroxylation is 1. The van der Waals surface area contributed by atoms with E-state index in [1.54, 1.807) is 19.2 Å². The molecule has 2 unspecified atom stereocenters. The Bertz CT molecular complexity index is 328. The maximum atomic E-state index is 9.79. The molecule has 0 saturated heterocycles. The summed E-state index contributed by atoms with van der Waals surface area (Å²) >= 11 is 0. The standard InChI is InChI=1S/C11H18N2O2/c1-7-3-4-8(5-9(7)12)11(15)10(14)6-13-2/h3-5,10-11,13-15H,6,12H2,1-2H3. The lowest BCUT2D eigenvalue weighted by molar-refractivity contribution is 0.0203. The molecule has 0 heterocycles. The van der Waals surface area contributed by atoms with E-state index in [4.69, 9.17) is 5.73 Å². The third-order valence-electron chi connectivity index (χ3n) is 2.42. The predicted octanol–water partition coefficient (Wildman–Crippen LogP) is 0.191. The summed E-state index contributed by atoms with van der Waals surface area (Å²) in [5.41, 5.74) is 7.96. The summed E-state index contributed by atoms with van der Waals surface area (Å²) in [6, 6.07) is 5.30. The monoisotopic (exact) mass is 210 g/mol. The third kappa shape index (κ3) is 2.92. The first-order valence-electron chi connectivity index (χ1n) is 4.93. The van der Waals surface area contributed by atoms with Crippen LogP contribution in [-0.2, 0) is 0 Å². The van der Waals surface area contributed by atoms with Crippen LogP contribution in [0, 0.1) is 6.92 Å². The molecule has 1 aromatic rings. The summed E-state index contributed by atoms with van der Waals surface area (Å²) in [5.74, 6) is 0. The summed E-state index contributed by atoms with van der Waals surface area (Å²) in [6.45, 7) is 2.24. The highest BCUT2D eigenvalue weighted by Gasteiger charge is 2.17. The Hall–Kier alpha value is -1.10. The molecule has 4 heteroatoms. The summed E-state index contributed by atoms with van der Waals surface area (Å²) in [4.78, 5) is 0. The number of aliphatic hydroxyl groups excluding tert-OH is 2. The van der Waals surface area contributed by atoms with Crippen molar-refractivity contribution in [3.63, 3.8) is 0 Å². The number of hydrogen-bond acceptors (Lipinski definition) is 4. The summed E-state index contributed by atoms with van der Waals surface area (Å²) < 4.78 is 0. The molecule has 2 atom stereocenters. The van der Waals surface area contributed by atoms with E-state index in [2.05, 4.69) is 5.32 Å². The van der Waals surface area contributed by atoms with Crippen LogP contribution in [0.1, 0.15) is 17.2 Å². The molecular weight excluding hydrogens is 192 g/mol. The molecule has 1 rings (SSSR count). The van der Waals surface area contributed by atoms with Crippen molar-refractivity contribution in [2.45, 2.75) is 19.1 Å². The summed E-state index contributed by atoms with van der Waals surface area (Å²) in [6.07, 6.45) is -1.72.